The van der Waals surface area contributed by atoms with Crippen molar-refractivity contribution in [2.75, 3.05) is 11.9 Å². The summed E-state index contributed by atoms with van der Waals surface area (Å²) in [6.07, 6.45) is 1.97. The lowest BCUT2D eigenvalue weighted by atomic mass is 10.2. The Bertz CT molecular complexity index is 593. The zero-order chi connectivity index (χ0) is 14.5. The molecule has 0 fully saturated rings. The van der Waals surface area contributed by atoms with Crippen molar-refractivity contribution in [3.8, 4) is 11.5 Å². The van der Waals surface area contributed by atoms with E-state index < -0.39 is 0 Å². The third kappa shape index (κ3) is 3.13. The zero-order valence-corrected chi connectivity index (χ0v) is 12.7. The summed E-state index contributed by atoms with van der Waals surface area (Å²) in [5, 5.41) is 3.38. The van der Waals surface area contributed by atoms with Crippen molar-refractivity contribution in [1.29, 1.82) is 0 Å². The SMILES string of the molecule is CCCNc1nc(-c2cccc(C)n2)nc(CC)c1C. The summed E-state index contributed by atoms with van der Waals surface area (Å²) in [6, 6.07) is 5.93. The number of nitrogens with one attached hydrogen (secondary N) is 1. The van der Waals surface area contributed by atoms with Gasteiger partial charge < -0.3 is 5.32 Å². The van der Waals surface area contributed by atoms with Crippen molar-refractivity contribution in [3.05, 3.63) is 35.2 Å². The third-order valence-electron chi connectivity index (χ3n) is 3.24. The molecule has 0 atom stereocenters. The van der Waals surface area contributed by atoms with Gasteiger partial charge in [-0.2, -0.15) is 0 Å². The predicted octanol–water partition coefficient (Wildman–Crippen LogP) is 3.54. The summed E-state index contributed by atoms with van der Waals surface area (Å²) in [4.78, 5) is 13.8. The van der Waals surface area contributed by atoms with Gasteiger partial charge in [0, 0.05) is 23.5 Å². The van der Waals surface area contributed by atoms with Crippen LogP contribution in [0.4, 0.5) is 5.82 Å². The number of hydrogen-bond donors (Lipinski definition) is 1. The molecule has 4 heteroatoms. The molecule has 0 saturated heterocycles. The quantitative estimate of drug-likeness (QED) is 0.903. The Morgan fingerprint density at radius 1 is 1.05 bits per heavy atom. The molecule has 0 aliphatic rings. The minimum Gasteiger partial charge on any atom is -0.370 e. The smallest absolute Gasteiger partial charge is 0.180 e. The van der Waals surface area contributed by atoms with Crippen LogP contribution >= 0.6 is 0 Å². The van der Waals surface area contributed by atoms with Gasteiger partial charge in [-0.3, -0.25) is 0 Å². The van der Waals surface area contributed by atoms with E-state index in [2.05, 4.69) is 41.0 Å². The van der Waals surface area contributed by atoms with Crippen LogP contribution in [0.3, 0.4) is 0 Å². The van der Waals surface area contributed by atoms with E-state index in [-0.39, 0.29) is 0 Å². The van der Waals surface area contributed by atoms with Crippen LogP contribution in [0, 0.1) is 13.8 Å². The van der Waals surface area contributed by atoms with Crippen LogP contribution in [-0.4, -0.2) is 21.5 Å². The molecular formula is C16H22N4. The van der Waals surface area contributed by atoms with Crippen LogP contribution in [0.25, 0.3) is 11.5 Å². The summed E-state index contributed by atoms with van der Waals surface area (Å²) >= 11 is 0. The topological polar surface area (TPSA) is 50.7 Å². The van der Waals surface area contributed by atoms with Crippen LogP contribution in [0.5, 0.6) is 0 Å². The standard InChI is InChI=1S/C16H22N4/c1-5-10-17-15-12(4)13(6-2)19-16(20-15)14-9-7-8-11(3)18-14/h7-9H,5-6,10H2,1-4H3,(H,17,19,20). The number of hydrogen-bond acceptors (Lipinski definition) is 4. The molecule has 106 valence electrons. The van der Waals surface area contributed by atoms with Crippen LogP contribution < -0.4 is 5.32 Å². The van der Waals surface area contributed by atoms with Gasteiger partial charge in [0.05, 0.1) is 0 Å². The molecule has 2 aromatic rings. The number of nitrogens with zero attached hydrogens (tertiary/aromatic N) is 3. The monoisotopic (exact) mass is 270 g/mol. The minimum absolute atomic E-state index is 0.703. The Balaban J connectivity index is 2.48. The van der Waals surface area contributed by atoms with Gasteiger partial charge in [-0.15, -0.1) is 0 Å². The van der Waals surface area contributed by atoms with Gasteiger partial charge in [0.1, 0.15) is 11.5 Å². The first-order valence-corrected chi connectivity index (χ1v) is 7.21. The Hall–Kier alpha value is -1.97. The van der Waals surface area contributed by atoms with E-state index in [0.29, 0.717) is 5.82 Å². The molecule has 4 nitrogen and oxygen atoms in total. The van der Waals surface area contributed by atoms with E-state index in [0.717, 1.165) is 47.8 Å². The molecule has 0 spiro atoms. The normalized spacial score (nSPS) is 10.6. The molecule has 0 bridgehead atoms. The highest BCUT2D eigenvalue weighted by atomic mass is 15.0. The summed E-state index contributed by atoms with van der Waals surface area (Å²) in [5.41, 5.74) is 4.03. The molecule has 2 aromatic heterocycles. The molecule has 0 amide bonds. The van der Waals surface area contributed by atoms with Crippen molar-refractivity contribution in [2.24, 2.45) is 0 Å². The number of pyridine rings is 1. The Morgan fingerprint density at radius 2 is 1.85 bits per heavy atom. The lowest BCUT2D eigenvalue weighted by Crippen LogP contribution is -2.09. The molecule has 0 radical (unpaired) electrons. The van der Waals surface area contributed by atoms with Gasteiger partial charge >= 0.3 is 0 Å². The molecule has 0 aliphatic carbocycles. The van der Waals surface area contributed by atoms with Crippen LogP contribution in [-0.2, 0) is 6.42 Å². The molecule has 2 rings (SSSR count). The van der Waals surface area contributed by atoms with Crippen LogP contribution in [0.2, 0.25) is 0 Å². The fraction of sp³-hybridized carbons (Fsp3) is 0.438. The second-order valence-electron chi connectivity index (χ2n) is 4.91. The van der Waals surface area contributed by atoms with Gasteiger partial charge in [-0.25, -0.2) is 15.0 Å². The van der Waals surface area contributed by atoms with Crippen LogP contribution in [0.15, 0.2) is 18.2 Å². The first-order valence-electron chi connectivity index (χ1n) is 7.21. The largest absolute Gasteiger partial charge is 0.370 e. The third-order valence-corrected chi connectivity index (χ3v) is 3.24. The van der Waals surface area contributed by atoms with Crippen molar-refractivity contribution in [1.82, 2.24) is 15.0 Å². The average Bonchev–Trinajstić information content (AvgIpc) is 2.46. The summed E-state index contributed by atoms with van der Waals surface area (Å²) in [5.74, 6) is 1.63. The second kappa shape index (κ2) is 6.46. The molecule has 0 saturated carbocycles. The highest BCUT2D eigenvalue weighted by molar-refractivity contribution is 5.56. The lowest BCUT2D eigenvalue weighted by Gasteiger charge is -2.12. The van der Waals surface area contributed by atoms with Crippen molar-refractivity contribution in [2.45, 2.75) is 40.5 Å². The number of rotatable bonds is 5. The van der Waals surface area contributed by atoms with E-state index in [9.17, 15) is 0 Å². The van der Waals surface area contributed by atoms with Gasteiger partial charge in [0.15, 0.2) is 5.82 Å². The van der Waals surface area contributed by atoms with E-state index >= 15 is 0 Å². The summed E-state index contributed by atoms with van der Waals surface area (Å²) < 4.78 is 0. The highest BCUT2D eigenvalue weighted by Gasteiger charge is 2.11. The van der Waals surface area contributed by atoms with Gasteiger partial charge in [0.2, 0.25) is 0 Å². The summed E-state index contributed by atoms with van der Waals surface area (Å²) in [7, 11) is 0. The molecule has 1 N–H and O–H groups in total. The van der Waals surface area contributed by atoms with E-state index in [1.165, 1.54) is 0 Å². The average molecular weight is 270 g/mol. The number of anilines is 1. The first kappa shape index (κ1) is 14.4. The minimum atomic E-state index is 0.703. The van der Waals surface area contributed by atoms with E-state index in [4.69, 9.17) is 0 Å². The van der Waals surface area contributed by atoms with Gasteiger partial charge in [-0.05, 0) is 38.8 Å². The maximum atomic E-state index is 4.66. The predicted molar refractivity (Wildman–Crippen MR) is 82.9 cm³/mol. The highest BCUT2D eigenvalue weighted by Crippen LogP contribution is 2.21. The first-order chi connectivity index (χ1) is 9.65. The van der Waals surface area contributed by atoms with Gasteiger partial charge in [0.25, 0.3) is 0 Å². The Morgan fingerprint density at radius 3 is 2.50 bits per heavy atom. The van der Waals surface area contributed by atoms with E-state index in [1.807, 2.05) is 25.1 Å². The molecule has 20 heavy (non-hydrogen) atoms. The molecule has 0 aromatic carbocycles. The van der Waals surface area contributed by atoms with Crippen molar-refractivity contribution >= 4 is 5.82 Å². The van der Waals surface area contributed by atoms with Crippen molar-refractivity contribution < 1.29 is 0 Å². The van der Waals surface area contributed by atoms with Gasteiger partial charge in [-0.1, -0.05) is 19.9 Å². The lowest BCUT2D eigenvalue weighted by molar-refractivity contribution is 0.933. The van der Waals surface area contributed by atoms with Crippen molar-refractivity contribution in [3.63, 3.8) is 0 Å². The fourth-order valence-electron chi connectivity index (χ4n) is 2.10. The molecule has 0 unspecified atom stereocenters. The fourth-order valence-corrected chi connectivity index (χ4v) is 2.10. The zero-order valence-electron chi connectivity index (χ0n) is 12.7. The number of aromatic nitrogens is 3. The Kier molecular flexibility index (Phi) is 4.66. The molecule has 0 aliphatic heterocycles. The summed E-state index contributed by atoms with van der Waals surface area (Å²) in [6.45, 7) is 9.24. The second-order valence-corrected chi connectivity index (χ2v) is 4.91. The maximum Gasteiger partial charge on any atom is 0.180 e. The molecule has 2 heterocycles. The maximum absolute atomic E-state index is 4.66. The van der Waals surface area contributed by atoms with E-state index in [1.54, 1.807) is 0 Å². The number of aryl methyl sites for hydroxylation is 2. The Labute approximate surface area is 120 Å². The van der Waals surface area contributed by atoms with Crippen LogP contribution in [0.1, 0.15) is 37.2 Å². The molecular weight excluding hydrogens is 248 g/mol.